The highest BCUT2D eigenvalue weighted by molar-refractivity contribution is 6.14. The molecule has 8 amide bonds. The van der Waals surface area contributed by atoms with Gasteiger partial charge < -0.3 is 42.5 Å². The number of anilines is 8. The van der Waals surface area contributed by atoms with Crippen LogP contribution in [0.25, 0.3) is 0 Å². The SMILES string of the molecule is Cc1cc2cc(C)c1NC(=O)c1cc(C#CC#Cc3cc4cc(c3)C(=O)Nc3c(C)cc(cc3C)C3(CCCCC3)c3cc(C)c(c(C)c3)NC(=O)c3cc(cc(C(C)(C)C)c3)C(=O)Nc3c(C)cc(cc3C)C3(CCCCC3)c3cc(C)c(c(C)c3)NC4=O)cc(c1)C(=O)Nc1c(C)cc(cc1C)C1(CCCCC1)c1cc(C)c(c(C)c1)NC(=O)c1cc(cc(C(C)(C)C)c1)C(=O)Nc1c(C)cc(cc1C)C21CCCCC1. The van der Waals surface area contributed by atoms with Gasteiger partial charge >= 0.3 is 0 Å². The molecule has 0 aromatic heterocycles. The molecule has 4 aliphatic carbocycles. The Bertz CT molecular complexity index is 6660. The Balaban J connectivity index is 0.732. The van der Waals surface area contributed by atoms with E-state index in [1.165, 1.54) is 0 Å². The molecule has 4 saturated carbocycles. The predicted molar refractivity (Wildman–Crippen MR) is 603 cm³/mol. The first-order chi connectivity index (χ1) is 70.3. The van der Waals surface area contributed by atoms with E-state index in [1.807, 2.05) is 79.7 Å². The van der Waals surface area contributed by atoms with Crippen LogP contribution in [0.15, 0.2) is 170 Å². The number of hydrogen-bond acceptors (Lipinski definition) is 8. The van der Waals surface area contributed by atoms with Crippen molar-refractivity contribution < 1.29 is 38.4 Å². The van der Waals surface area contributed by atoms with Crippen molar-refractivity contribution in [1.82, 2.24) is 0 Å². The molecule has 21 aliphatic rings. The smallest absolute Gasteiger partial charge is 0.255 e. The first-order valence-corrected chi connectivity index (χ1v) is 53.4. The van der Waals surface area contributed by atoms with Crippen molar-refractivity contribution >= 4 is 92.8 Å². The van der Waals surface area contributed by atoms with Crippen molar-refractivity contribution in [1.29, 1.82) is 0 Å². The van der Waals surface area contributed by atoms with Gasteiger partial charge in [-0.15, -0.1) is 0 Å². The van der Waals surface area contributed by atoms with Crippen LogP contribution in [0, 0.1) is 134 Å². The van der Waals surface area contributed by atoms with E-state index in [4.69, 9.17) is 0 Å². The molecule has 33 rings (SSSR count). The maximum absolute atomic E-state index is 15.5. The molecule has 148 heavy (non-hydrogen) atoms. The normalized spacial score (nSPS) is 16.8. The molecule has 17 aliphatic heterocycles. The van der Waals surface area contributed by atoms with E-state index in [1.54, 1.807) is 48.5 Å². The highest BCUT2D eigenvalue weighted by Gasteiger charge is 2.44. The van der Waals surface area contributed by atoms with Crippen LogP contribution in [0.1, 0.15) is 409 Å². The summed E-state index contributed by atoms with van der Waals surface area (Å²) in [5.74, 6) is 9.56. The second-order valence-corrected chi connectivity index (χ2v) is 46.3. The highest BCUT2D eigenvalue weighted by atomic mass is 16.2. The van der Waals surface area contributed by atoms with Crippen molar-refractivity contribution in [2.45, 2.75) is 313 Å². The minimum absolute atomic E-state index is 0.182. The molecule has 12 aromatic rings. The first-order valence-electron chi connectivity index (χ1n) is 53.4. The zero-order valence-corrected chi connectivity index (χ0v) is 90.6. The fraction of sp³-hybridized carbons (Fsp3) is 0.364. The maximum atomic E-state index is 15.5. The monoisotopic (exact) mass is 1970 g/mol. The lowest BCUT2D eigenvalue weighted by Gasteiger charge is -2.40. The molecule has 0 unspecified atom stereocenters. The van der Waals surface area contributed by atoms with Gasteiger partial charge in [0.2, 0.25) is 0 Å². The summed E-state index contributed by atoms with van der Waals surface area (Å²) >= 11 is 0. The fourth-order valence-electron chi connectivity index (χ4n) is 25.4. The van der Waals surface area contributed by atoms with Crippen LogP contribution in [0.5, 0.6) is 0 Å². The van der Waals surface area contributed by atoms with Crippen LogP contribution in [0.4, 0.5) is 45.5 Å². The van der Waals surface area contributed by atoms with Crippen LogP contribution in [-0.2, 0) is 32.5 Å². The Labute approximate surface area is 875 Å². The molecule has 24 bridgehead atoms. The number of amides is 8. The minimum Gasteiger partial charge on any atom is -0.322 e. The molecule has 0 saturated heterocycles. The number of benzene rings is 12. The van der Waals surface area contributed by atoms with E-state index in [-0.39, 0.29) is 45.9 Å². The quantitative estimate of drug-likeness (QED) is 0.0679. The van der Waals surface area contributed by atoms with Crippen molar-refractivity contribution in [3.63, 3.8) is 0 Å². The van der Waals surface area contributed by atoms with Crippen LogP contribution in [0.3, 0.4) is 0 Å². The Morgan fingerprint density at radius 3 is 0.439 bits per heavy atom. The van der Waals surface area contributed by atoms with E-state index in [0.29, 0.717) is 78.9 Å². The summed E-state index contributed by atoms with van der Waals surface area (Å²) in [5, 5.41) is 26.6. The third kappa shape index (κ3) is 20.3. The molecule has 4 fully saturated rings. The number of carbonyl (C=O) groups excluding carboxylic acids is 8. The summed E-state index contributed by atoms with van der Waals surface area (Å²) in [6, 6.07) is 56.4. The van der Waals surface area contributed by atoms with Crippen LogP contribution in [-0.4, -0.2) is 47.3 Å². The topological polar surface area (TPSA) is 233 Å². The van der Waals surface area contributed by atoms with E-state index in [0.717, 1.165) is 273 Å². The maximum Gasteiger partial charge on any atom is 0.255 e. The second-order valence-electron chi connectivity index (χ2n) is 46.3. The first kappa shape index (κ1) is 103. The molecular formula is C132H142N8O8. The van der Waals surface area contributed by atoms with Gasteiger partial charge in [0.25, 0.3) is 47.3 Å². The standard InChI is InChI=1S/C132H142N8O8/c1-75-47-103-48-76(2)111(75)133-119(141)93-63-91(64-94(67-93)120(142)134-112-77(3)49-104(50-78(112)4)130(41-31-24-32-42-130)108-57-85(11)116(86(12)58-108)138-124(146)98-69-97(71-101(72-98)127(17,18)19)123(145)137-115-83(9)55-107(56-84(115)10)129(103)39-29-23-30-40-129)37-27-28-38-92-65-95-68-96(66-92)122(144)136-114-81(7)53-106(54-82(114)8)132(45-35-26-36-46-132)110-61-89(15)118(90(16)62-110)140-126(148)100-70-99(73-102(74-100)128(20,21)22)125(147)139-117-87(13)59-109(60-88(117)14)131(43-33-25-34-44-131)105-51-79(5)113(80(6)52-105)135-121(95)143/h47-74H,23-26,29-36,39-46H2,1-22H3,(H,133,141)(H,134,142)(H,135,143)(H,136,144)(H,137,145)(H,138,146)(H,139,147)(H,140,148). The van der Waals surface area contributed by atoms with Gasteiger partial charge in [0.05, 0.1) is 0 Å². The summed E-state index contributed by atoms with van der Waals surface area (Å²) in [5.41, 5.74) is 31.0. The fourth-order valence-corrected chi connectivity index (χ4v) is 25.4. The largest absolute Gasteiger partial charge is 0.322 e. The number of rotatable bonds is 0. The summed E-state index contributed by atoms with van der Waals surface area (Å²) < 4.78 is 0. The van der Waals surface area contributed by atoms with Gasteiger partial charge in [0, 0.05) is 123 Å². The third-order valence-corrected chi connectivity index (χ3v) is 33.5. The van der Waals surface area contributed by atoms with Gasteiger partial charge in [-0.3, -0.25) is 38.4 Å². The van der Waals surface area contributed by atoms with Gasteiger partial charge in [-0.1, -0.05) is 227 Å². The number of nitrogens with one attached hydrogen (secondary N) is 8. The molecule has 758 valence electrons. The van der Waals surface area contributed by atoms with Crippen molar-refractivity contribution in [3.05, 3.63) is 370 Å². The molecule has 8 N–H and O–H groups in total. The minimum atomic E-state index is -0.455. The Kier molecular flexibility index (Phi) is 28.4. The summed E-state index contributed by atoms with van der Waals surface area (Å²) in [4.78, 5) is 122. The van der Waals surface area contributed by atoms with Crippen molar-refractivity contribution in [2.75, 3.05) is 42.5 Å². The molecular weight excluding hydrogens is 1830 g/mol. The van der Waals surface area contributed by atoms with Crippen molar-refractivity contribution in [3.8, 4) is 23.7 Å². The third-order valence-electron chi connectivity index (χ3n) is 33.5. The highest BCUT2D eigenvalue weighted by Crippen LogP contribution is 2.54. The van der Waals surface area contributed by atoms with Crippen LogP contribution < -0.4 is 42.5 Å². The number of aryl methyl sites for hydroxylation is 16. The van der Waals surface area contributed by atoms with E-state index in [9.17, 15) is 19.2 Å². The zero-order chi connectivity index (χ0) is 105. The molecule has 0 atom stereocenters. The second kappa shape index (κ2) is 40.6. The van der Waals surface area contributed by atoms with Gasteiger partial charge in [-0.05, 0) is 402 Å². The summed E-state index contributed by atoms with van der Waals surface area (Å²) in [6.45, 7) is 45.2. The Morgan fingerprint density at radius 1 is 0.182 bits per heavy atom. The van der Waals surface area contributed by atoms with Gasteiger partial charge in [0.1, 0.15) is 0 Å². The summed E-state index contributed by atoms with van der Waals surface area (Å²) in [7, 11) is 0. The lowest BCUT2D eigenvalue weighted by atomic mass is 9.64. The lowest BCUT2D eigenvalue weighted by molar-refractivity contribution is 0.101. The van der Waals surface area contributed by atoms with E-state index < -0.39 is 56.1 Å². The van der Waals surface area contributed by atoms with Gasteiger partial charge in [0.15, 0.2) is 0 Å². The number of carbonyl (C=O) groups is 8. The molecule has 16 heteroatoms. The molecule has 0 radical (unpaired) electrons. The predicted octanol–water partition coefficient (Wildman–Crippen LogP) is 30.3. The molecule has 17 heterocycles. The van der Waals surface area contributed by atoms with Crippen molar-refractivity contribution in [2.24, 2.45) is 0 Å². The average molecular weight is 1970 g/mol. The van der Waals surface area contributed by atoms with Gasteiger partial charge in [-0.25, -0.2) is 0 Å². The van der Waals surface area contributed by atoms with Crippen LogP contribution >= 0.6 is 0 Å². The number of hydrogen-bond donors (Lipinski definition) is 8. The molecule has 4 spiro atoms. The lowest BCUT2D eigenvalue weighted by Crippen LogP contribution is -2.31. The van der Waals surface area contributed by atoms with Crippen LogP contribution in [0.2, 0.25) is 0 Å². The molecule has 12 aromatic carbocycles. The van der Waals surface area contributed by atoms with E-state index in [2.05, 4.69) is 260 Å². The van der Waals surface area contributed by atoms with E-state index >= 15 is 19.2 Å². The molecule has 16 nitrogen and oxygen atoms in total. The average Bonchev–Trinajstić information content (AvgIpc) is 0.756. The Morgan fingerprint density at radius 2 is 0.311 bits per heavy atom. The van der Waals surface area contributed by atoms with Gasteiger partial charge in [-0.2, -0.15) is 0 Å². The zero-order valence-electron chi connectivity index (χ0n) is 90.6. The summed E-state index contributed by atoms with van der Waals surface area (Å²) in [6.07, 6.45) is 19.5. The Hall–Kier alpha value is -14.5.